The van der Waals surface area contributed by atoms with Crippen molar-refractivity contribution in [3.63, 3.8) is 0 Å². The molecular weight excluding hydrogens is 217 g/mol. The Bertz CT molecular complexity index is 329. The van der Waals surface area contributed by atoms with Crippen molar-refractivity contribution in [3.8, 4) is 0 Å². The summed E-state index contributed by atoms with van der Waals surface area (Å²) in [4.78, 5) is 2.19. The number of methoxy groups -OCH3 is 1. The molecular formula is C12H20BNO3. The van der Waals surface area contributed by atoms with E-state index in [2.05, 4.69) is 11.8 Å². The molecule has 0 amide bonds. The Morgan fingerprint density at radius 3 is 2.35 bits per heavy atom. The lowest BCUT2D eigenvalue weighted by molar-refractivity contribution is 0.112. The van der Waals surface area contributed by atoms with Crippen LogP contribution in [0.25, 0.3) is 0 Å². The summed E-state index contributed by atoms with van der Waals surface area (Å²) < 4.78 is 5.11. The number of likely N-dealkylation sites (N-methyl/N-ethyl adjacent to an activating group) is 1. The number of rotatable bonds is 6. The highest BCUT2D eigenvalue weighted by atomic mass is 16.5. The summed E-state index contributed by atoms with van der Waals surface area (Å²) in [5.41, 5.74) is 1.65. The molecule has 94 valence electrons. The van der Waals surface area contributed by atoms with Crippen LogP contribution in [-0.4, -0.2) is 48.9 Å². The van der Waals surface area contributed by atoms with Gasteiger partial charge < -0.3 is 14.8 Å². The fourth-order valence-corrected chi connectivity index (χ4v) is 1.61. The van der Waals surface area contributed by atoms with Gasteiger partial charge in [0.15, 0.2) is 0 Å². The molecule has 0 heterocycles. The molecule has 0 saturated heterocycles. The van der Waals surface area contributed by atoms with Gasteiger partial charge in [-0.25, -0.2) is 0 Å². The molecule has 5 heteroatoms. The summed E-state index contributed by atoms with van der Waals surface area (Å²) in [5, 5.41) is 18.0. The maximum atomic E-state index is 8.98. The van der Waals surface area contributed by atoms with E-state index in [0.717, 1.165) is 12.1 Å². The van der Waals surface area contributed by atoms with Crippen LogP contribution in [-0.2, 0) is 11.3 Å². The second kappa shape index (κ2) is 6.76. The van der Waals surface area contributed by atoms with Gasteiger partial charge in [0, 0.05) is 19.7 Å². The molecule has 1 aromatic rings. The van der Waals surface area contributed by atoms with E-state index < -0.39 is 7.12 Å². The SMILES string of the molecule is COCC(C)N(C)Cc1ccc(B(O)O)cc1. The van der Waals surface area contributed by atoms with Gasteiger partial charge in [0.25, 0.3) is 0 Å². The summed E-state index contributed by atoms with van der Waals surface area (Å²) in [7, 11) is 2.34. The van der Waals surface area contributed by atoms with Crippen LogP contribution in [0.5, 0.6) is 0 Å². The Balaban J connectivity index is 2.56. The molecule has 1 aromatic carbocycles. The van der Waals surface area contributed by atoms with Gasteiger partial charge in [-0.1, -0.05) is 24.3 Å². The Kier molecular flexibility index (Phi) is 5.64. The van der Waals surface area contributed by atoms with Gasteiger partial charge in [0.05, 0.1) is 6.61 Å². The van der Waals surface area contributed by atoms with E-state index in [9.17, 15) is 0 Å². The molecule has 1 atom stereocenters. The minimum absolute atomic E-state index is 0.350. The Morgan fingerprint density at radius 2 is 1.88 bits per heavy atom. The van der Waals surface area contributed by atoms with E-state index in [4.69, 9.17) is 14.8 Å². The summed E-state index contributed by atoms with van der Waals surface area (Å²) in [6.07, 6.45) is 0. The minimum atomic E-state index is -1.39. The van der Waals surface area contributed by atoms with Gasteiger partial charge in [-0.2, -0.15) is 0 Å². The minimum Gasteiger partial charge on any atom is -0.423 e. The molecule has 0 aliphatic rings. The topological polar surface area (TPSA) is 52.9 Å². The average molecular weight is 237 g/mol. The third-order valence-electron chi connectivity index (χ3n) is 2.87. The van der Waals surface area contributed by atoms with Crippen LogP contribution < -0.4 is 5.46 Å². The maximum Gasteiger partial charge on any atom is 0.488 e. The molecule has 0 aliphatic heterocycles. The molecule has 1 rings (SSSR count). The van der Waals surface area contributed by atoms with Gasteiger partial charge in [-0.15, -0.1) is 0 Å². The van der Waals surface area contributed by atoms with Crippen LogP contribution in [0.3, 0.4) is 0 Å². The predicted molar refractivity (Wildman–Crippen MR) is 69.1 cm³/mol. The Morgan fingerprint density at radius 1 is 1.29 bits per heavy atom. The first-order valence-corrected chi connectivity index (χ1v) is 5.68. The number of benzene rings is 1. The average Bonchev–Trinajstić information content (AvgIpc) is 2.30. The van der Waals surface area contributed by atoms with Crippen LogP contribution in [0.15, 0.2) is 24.3 Å². The lowest BCUT2D eigenvalue weighted by atomic mass is 9.80. The summed E-state index contributed by atoms with van der Waals surface area (Å²) in [6, 6.07) is 7.63. The van der Waals surface area contributed by atoms with Gasteiger partial charge in [-0.05, 0) is 25.0 Å². The normalized spacial score (nSPS) is 12.8. The fraction of sp³-hybridized carbons (Fsp3) is 0.500. The van der Waals surface area contributed by atoms with E-state index >= 15 is 0 Å². The number of nitrogens with zero attached hydrogens (tertiary/aromatic N) is 1. The maximum absolute atomic E-state index is 8.98. The quantitative estimate of drug-likeness (QED) is 0.675. The molecule has 17 heavy (non-hydrogen) atoms. The van der Waals surface area contributed by atoms with Crippen molar-refractivity contribution in [2.75, 3.05) is 20.8 Å². The van der Waals surface area contributed by atoms with E-state index in [1.165, 1.54) is 0 Å². The second-order valence-electron chi connectivity index (χ2n) is 4.33. The third-order valence-corrected chi connectivity index (χ3v) is 2.87. The molecule has 0 aliphatic carbocycles. The summed E-state index contributed by atoms with van der Waals surface area (Å²) in [6.45, 7) is 3.62. The molecule has 0 spiro atoms. The first-order chi connectivity index (χ1) is 8.04. The molecule has 0 bridgehead atoms. The molecule has 0 radical (unpaired) electrons. The first kappa shape index (κ1) is 14.2. The van der Waals surface area contributed by atoms with E-state index in [0.29, 0.717) is 18.1 Å². The zero-order valence-electron chi connectivity index (χ0n) is 10.6. The first-order valence-electron chi connectivity index (χ1n) is 5.68. The second-order valence-corrected chi connectivity index (χ2v) is 4.33. The zero-order chi connectivity index (χ0) is 12.8. The van der Waals surface area contributed by atoms with Crippen molar-refractivity contribution >= 4 is 12.6 Å². The van der Waals surface area contributed by atoms with Crippen molar-refractivity contribution in [1.82, 2.24) is 4.90 Å². The summed E-state index contributed by atoms with van der Waals surface area (Å²) >= 11 is 0. The Labute approximate surface area is 103 Å². The van der Waals surface area contributed by atoms with Crippen LogP contribution in [0.2, 0.25) is 0 Å². The fourth-order valence-electron chi connectivity index (χ4n) is 1.61. The van der Waals surface area contributed by atoms with Crippen molar-refractivity contribution in [3.05, 3.63) is 29.8 Å². The molecule has 2 N–H and O–H groups in total. The molecule has 0 fully saturated rings. The van der Waals surface area contributed by atoms with Gasteiger partial charge >= 0.3 is 7.12 Å². The Hall–Kier alpha value is -0.875. The number of hydrogen-bond donors (Lipinski definition) is 2. The molecule has 0 saturated carbocycles. The van der Waals surface area contributed by atoms with Gasteiger partial charge in [0.1, 0.15) is 0 Å². The zero-order valence-corrected chi connectivity index (χ0v) is 10.6. The van der Waals surface area contributed by atoms with Gasteiger partial charge in [-0.3, -0.25) is 4.90 Å². The standard InChI is InChI=1S/C12H20BNO3/c1-10(9-17-3)14(2)8-11-4-6-12(7-5-11)13(15)16/h4-7,10,15-16H,8-9H2,1-3H3. The monoisotopic (exact) mass is 237 g/mol. The lowest BCUT2D eigenvalue weighted by Crippen LogP contribution is -2.33. The largest absolute Gasteiger partial charge is 0.488 e. The molecule has 1 unspecified atom stereocenters. The van der Waals surface area contributed by atoms with Crippen LogP contribution in [0.1, 0.15) is 12.5 Å². The lowest BCUT2D eigenvalue weighted by Gasteiger charge is -2.24. The highest BCUT2D eigenvalue weighted by molar-refractivity contribution is 6.58. The van der Waals surface area contributed by atoms with E-state index in [-0.39, 0.29) is 0 Å². The number of ether oxygens (including phenoxy) is 1. The van der Waals surface area contributed by atoms with E-state index in [1.807, 2.05) is 19.2 Å². The highest BCUT2D eigenvalue weighted by Gasteiger charge is 2.12. The van der Waals surface area contributed by atoms with Crippen molar-refractivity contribution < 1.29 is 14.8 Å². The molecule has 0 aromatic heterocycles. The molecule has 4 nitrogen and oxygen atoms in total. The van der Waals surface area contributed by atoms with Crippen molar-refractivity contribution in [2.45, 2.75) is 19.5 Å². The van der Waals surface area contributed by atoms with Gasteiger partial charge in [0.2, 0.25) is 0 Å². The smallest absolute Gasteiger partial charge is 0.423 e. The third kappa shape index (κ3) is 4.48. The van der Waals surface area contributed by atoms with Crippen molar-refractivity contribution in [1.29, 1.82) is 0 Å². The van der Waals surface area contributed by atoms with Crippen LogP contribution in [0, 0.1) is 0 Å². The van der Waals surface area contributed by atoms with E-state index in [1.54, 1.807) is 19.2 Å². The van der Waals surface area contributed by atoms with Crippen LogP contribution in [0.4, 0.5) is 0 Å². The summed E-state index contributed by atoms with van der Waals surface area (Å²) in [5.74, 6) is 0. The highest BCUT2D eigenvalue weighted by Crippen LogP contribution is 2.05. The van der Waals surface area contributed by atoms with Crippen molar-refractivity contribution in [2.24, 2.45) is 0 Å². The number of hydrogen-bond acceptors (Lipinski definition) is 4. The van der Waals surface area contributed by atoms with Crippen LogP contribution >= 0.6 is 0 Å². The predicted octanol–water partition coefficient (Wildman–Crippen LogP) is -0.167.